The molecule has 168 valence electrons. The van der Waals surface area contributed by atoms with Gasteiger partial charge in [0.25, 0.3) is 5.69 Å². The lowest BCUT2D eigenvalue weighted by molar-refractivity contribution is -0.384. The zero-order valence-corrected chi connectivity index (χ0v) is 18.1. The van der Waals surface area contributed by atoms with Gasteiger partial charge in [-0.05, 0) is 36.8 Å². The Hall–Kier alpha value is -3.88. The van der Waals surface area contributed by atoms with Crippen molar-refractivity contribution in [2.24, 2.45) is 0 Å². The first-order valence-electron chi connectivity index (χ1n) is 10.3. The summed E-state index contributed by atoms with van der Waals surface area (Å²) in [4.78, 5) is 39.4. The number of methoxy groups -OCH3 is 1. The minimum absolute atomic E-state index is 0.0524. The Morgan fingerprint density at radius 3 is 2.38 bits per heavy atom. The molecule has 1 fully saturated rings. The Labute approximate surface area is 186 Å². The number of carbonyl (C=O) groups excluding carboxylic acids is 2. The zero-order valence-electron chi connectivity index (χ0n) is 18.1. The van der Waals surface area contributed by atoms with E-state index in [-0.39, 0.29) is 17.5 Å². The van der Waals surface area contributed by atoms with Crippen LogP contribution in [-0.2, 0) is 9.59 Å². The van der Waals surface area contributed by atoms with Crippen molar-refractivity contribution in [3.05, 3.63) is 70.3 Å². The van der Waals surface area contributed by atoms with Gasteiger partial charge < -0.3 is 19.9 Å². The second kappa shape index (κ2) is 10.4. The molecule has 2 amide bonds. The molecule has 9 nitrogen and oxygen atoms in total. The molecule has 1 aliphatic heterocycles. The van der Waals surface area contributed by atoms with Crippen molar-refractivity contribution in [3.8, 4) is 5.75 Å². The Kier molecular flexibility index (Phi) is 7.43. The van der Waals surface area contributed by atoms with Gasteiger partial charge in [0.15, 0.2) is 0 Å². The van der Waals surface area contributed by atoms with Crippen LogP contribution in [0.1, 0.15) is 12.5 Å². The number of nitro benzene ring substituents is 1. The van der Waals surface area contributed by atoms with E-state index in [9.17, 15) is 19.7 Å². The van der Waals surface area contributed by atoms with Crippen molar-refractivity contribution in [2.45, 2.75) is 13.0 Å². The van der Waals surface area contributed by atoms with E-state index in [1.165, 1.54) is 12.1 Å². The molecule has 1 heterocycles. The van der Waals surface area contributed by atoms with Gasteiger partial charge in [-0.3, -0.25) is 19.7 Å². The Balaban J connectivity index is 1.51. The monoisotopic (exact) mass is 438 g/mol. The summed E-state index contributed by atoms with van der Waals surface area (Å²) in [5.74, 6) is 0.186. The van der Waals surface area contributed by atoms with Gasteiger partial charge in [0.05, 0.1) is 12.0 Å². The molecule has 1 atom stereocenters. The molecule has 0 bridgehead atoms. The summed E-state index contributed by atoms with van der Waals surface area (Å²) in [6.07, 6.45) is 3.05. The molecule has 0 spiro atoms. The summed E-state index contributed by atoms with van der Waals surface area (Å²) >= 11 is 0. The summed E-state index contributed by atoms with van der Waals surface area (Å²) in [7, 11) is 1.59. The predicted octanol–water partition coefficient (Wildman–Crippen LogP) is 2.47. The highest BCUT2D eigenvalue weighted by molar-refractivity contribution is 5.95. The average molecular weight is 438 g/mol. The Morgan fingerprint density at radius 2 is 1.75 bits per heavy atom. The first-order chi connectivity index (χ1) is 15.4. The van der Waals surface area contributed by atoms with Gasteiger partial charge >= 0.3 is 0 Å². The van der Waals surface area contributed by atoms with E-state index in [1.807, 2.05) is 17.0 Å². The summed E-state index contributed by atoms with van der Waals surface area (Å²) in [6.45, 7) is 3.46. The first-order valence-corrected chi connectivity index (χ1v) is 10.3. The van der Waals surface area contributed by atoms with Crippen LogP contribution in [0.25, 0.3) is 6.08 Å². The van der Waals surface area contributed by atoms with Crippen molar-refractivity contribution in [1.29, 1.82) is 0 Å². The molecule has 0 radical (unpaired) electrons. The van der Waals surface area contributed by atoms with E-state index in [1.54, 1.807) is 55.3 Å². The summed E-state index contributed by atoms with van der Waals surface area (Å²) < 4.78 is 5.10. The van der Waals surface area contributed by atoms with E-state index in [0.29, 0.717) is 31.9 Å². The Bertz CT molecular complexity index is 998. The maximum atomic E-state index is 12.7. The SMILES string of the molecule is COc1ccc(C=CC(=O)NC(C)C(=O)N2CCN(c3ccccc3[N+](=O)[O-])CC2)cc1. The van der Waals surface area contributed by atoms with E-state index in [0.717, 1.165) is 11.3 Å². The van der Waals surface area contributed by atoms with E-state index >= 15 is 0 Å². The minimum Gasteiger partial charge on any atom is -0.497 e. The topological polar surface area (TPSA) is 105 Å². The highest BCUT2D eigenvalue weighted by Gasteiger charge is 2.28. The standard InChI is InChI=1S/C23H26N4O5/c1-17(24-22(28)12-9-18-7-10-19(32-2)11-8-18)23(29)26-15-13-25(14-16-26)20-5-3-4-6-21(20)27(30)31/h3-12,17H,13-16H2,1-2H3,(H,24,28). The lowest BCUT2D eigenvalue weighted by Gasteiger charge is -2.36. The fraction of sp³-hybridized carbons (Fsp3) is 0.304. The molecule has 32 heavy (non-hydrogen) atoms. The number of nitrogens with one attached hydrogen (secondary N) is 1. The van der Waals surface area contributed by atoms with Crippen molar-refractivity contribution in [2.75, 3.05) is 38.2 Å². The molecule has 0 aliphatic carbocycles. The number of benzene rings is 2. The van der Waals surface area contributed by atoms with Crippen LogP contribution >= 0.6 is 0 Å². The number of amides is 2. The van der Waals surface area contributed by atoms with Crippen molar-refractivity contribution >= 4 is 29.3 Å². The third-order valence-corrected chi connectivity index (χ3v) is 5.28. The van der Waals surface area contributed by atoms with Gasteiger partial charge in [-0.25, -0.2) is 0 Å². The Morgan fingerprint density at radius 1 is 1.09 bits per heavy atom. The second-order valence-electron chi connectivity index (χ2n) is 7.39. The van der Waals surface area contributed by atoms with Crippen LogP contribution in [0.3, 0.4) is 0 Å². The molecule has 2 aromatic rings. The minimum atomic E-state index is -0.680. The quantitative estimate of drug-likeness (QED) is 0.405. The molecule has 1 saturated heterocycles. The van der Waals surface area contributed by atoms with Gasteiger partial charge in [0, 0.05) is 38.3 Å². The first kappa shape index (κ1) is 22.8. The van der Waals surface area contributed by atoms with Crippen molar-refractivity contribution < 1.29 is 19.2 Å². The smallest absolute Gasteiger partial charge is 0.292 e. The predicted molar refractivity (Wildman–Crippen MR) is 122 cm³/mol. The average Bonchev–Trinajstić information content (AvgIpc) is 2.82. The van der Waals surface area contributed by atoms with Gasteiger partial charge in [-0.2, -0.15) is 0 Å². The fourth-order valence-electron chi connectivity index (χ4n) is 3.54. The number of piperazine rings is 1. The molecular formula is C23H26N4O5. The van der Waals surface area contributed by atoms with E-state index in [4.69, 9.17) is 4.74 Å². The van der Waals surface area contributed by atoms with Crippen molar-refractivity contribution in [1.82, 2.24) is 10.2 Å². The number of nitro groups is 1. The van der Waals surface area contributed by atoms with Crippen LogP contribution in [-0.4, -0.2) is 61.0 Å². The lowest BCUT2D eigenvalue weighted by atomic mass is 10.2. The van der Waals surface area contributed by atoms with Crippen LogP contribution in [0, 0.1) is 10.1 Å². The maximum absolute atomic E-state index is 12.7. The molecule has 3 rings (SSSR count). The number of hydrogen-bond acceptors (Lipinski definition) is 6. The van der Waals surface area contributed by atoms with Crippen molar-refractivity contribution in [3.63, 3.8) is 0 Å². The van der Waals surface area contributed by atoms with Gasteiger partial charge in [-0.1, -0.05) is 24.3 Å². The second-order valence-corrected chi connectivity index (χ2v) is 7.39. The molecule has 1 aliphatic rings. The third kappa shape index (κ3) is 5.63. The number of anilines is 1. The number of para-hydroxylation sites is 2. The van der Waals surface area contributed by atoms with Crippen LogP contribution in [0.15, 0.2) is 54.6 Å². The van der Waals surface area contributed by atoms with E-state index < -0.39 is 11.0 Å². The highest BCUT2D eigenvalue weighted by Crippen LogP contribution is 2.28. The van der Waals surface area contributed by atoms with Crippen LogP contribution in [0.2, 0.25) is 0 Å². The zero-order chi connectivity index (χ0) is 23.1. The number of ether oxygens (including phenoxy) is 1. The molecule has 0 aromatic heterocycles. The van der Waals surface area contributed by atoms with Gasteiger partial charge in [0.2, 0.25) is 11.8 Å². The summed E-state index contributed by atoms with van der Waals surface area (Å²) in [6, 6.07) is 13.2. The van der Waals surface area contributed by atoms with E-state index in [2.05, 4.69) is 5.32 Å². The van der Waals surface area contributed by atoms with Crippen LogP contribution in [0.4, 0.5) is 11.4 Å². The summed E-state index contributed by atoms with van der Waals surface area (Å²) in [5.41, 5.74) is 1.44. The normalized spacial score (nSPS) is 14.8. The van der Waals surface area contributed by atoms with Crippen LogP contribution < -0.4 is 15.0 Å². The largest absolute Gasteiger partial charge is 0.497 e. The molecule has 2 aromatic carbocycles. The third-order valence-electron chi connectivity index (χ3n) is 5.28. The number of nitrogens with zero attached hydrogens (tertiary/aromatic N) is 3. The highest BCUT2D eigenvalue weighted by atomic mass is 16.6. The number of rotatable bonds is 7. The number of carbonyl (C=O) groups is 2. The molecule has 9 heteroatoms. The fourth-order valence-corrected chi connectivity index (χ4v) is 3.54. The molecular weight excluding hydrogens is 412 g/mol. The lowest BCUT2D eigenvalue weighted by Crippen LogP contribution is -2.54. The molecule has 0 saturated carbocycles. The summed E-state index contributed by atoms with van der Waals surface area (Å²) in [5, 5.41) is 14.0. The molecule has 1 N–H and O–H groups in total. The van der Waals surface area contributed by atoms with Gasteiger partial charge in [0.1, 0.15) is 17.5 Å². The number of hydrogen-bond donors (Lipinski definition) is 1. The van der Waals surface area contributed by atoms with Crippen LogP contribution in [0.5, 0.6) is 5.75 Å². The maximum Gasteiger partial charge on any atom is 0.292 e. The molecule has 1 unspecified atom stereocenters. The van der Waals surface area contributed by atoms with Gasteiger partial charge in [-0.15, -0.1) is 0 Å².